The number of likely N-dealkylation sites (tertiary alicyclic amines) is 1. The number of rotatable bonds is 4. The molecule has 1 aliphatic rings. The summed E-state index contributed by atoms with van der Waals surface area (Å²) in [4.78, 5) is 2.52. The van der Waals surface area contributed by atoms with Crippen molar-refractivity contribution in [1.82, 2.24) is 14.7 Å². The third-order valence-corrected chi connectivity index (χ3v) is 3.90. The Morgan fingerprint density at radius 3 is 2.68 bits per heavy atom. The lowest BCUT2D eigenvalue weighted by Crippen LogP contribution is -2.47. The maximum Gasteiger partial charge on any atom is 0.0518 e. The Hall–Kier alpha value is -1.61. The van der Waals surface area contributed by atoms with Crippen LogP contribution in [0.4, 0.5) is 0 Å². The van der Waals surface area contributed by atoms with Crippen molar-refractivity contribution in [2.24, 2.45) is 5.92 Å². The first-order valence-electron chi connectivity index (χ1n) is 6.96. The Morgan fingerprint density at radius 2 is 2.00 bits per heavy atom. The van der Waals surface area contributed by atoms with Crippen LogP contribution in [0.1, 0.15) is 16.7 Å². The summed E-state index contributed by atoms with van der Waals surface area (Å²) in [5.74, 6) is 0.753. The highest BCUT2D eigenvalue weighted by Gasteiger charge is 2.27. The molecule has 19 heavy (non-hydrogen) atoms. The summed E-state index contributed by atoms with van der Waals surface area (Å²) in [5, 5.41) is 4.36. The molecule has 2 aromatic rings. The first kappa shape index (κ1) is 12.4. The van der Waals surface area contributed by atoms with E-state index in [2.05, 4.69) is 59.0 Å². The van der Waals surface area contributed by atoms with Crippen LogP contribution >= 0.6 is 0 Å². The molecular formula is C16H21N3. The molecule has 1 aromatic carbocycles. The molecule has 0 saturated carbocycles. The Labute approximate surface area is 114 Å². The summed E-state index contributed by atoms with van der Waals surface area (Å²) in [5.41, 5.74) is 4.10. The van der Waals surface area contributed by atoms with Gasteiger partial charge in [0.05, 0.1) is 6.20 Å². The quantitative estimate of drug-likeness (QED) is 0.837. The Kier molecular flexibility index (Phi) is 3.38. The van der Waals surface area contributed by atoms with Crippen LogP contribution in [0.2, 0.25) is 0 Å². The third-order valence-electron chi connectivity index (χ3n) is 3.90. The molecule has 3 heteroatoms. The van der Waals surface area contributed by atoms with Crippen molar-refractivity contribution in [2.75, 3.05) is 13.1 Å². The van der Waals surface area contributed by atoms with Gasteiger partial charge in [-0.05, 0) is 30.5 Å². The van der Waals surface area contributed by atoms with E-state index in [0.717, 1.165) is 19.0 Å². The minimum Gasteiger partial charge on any atom is -0.298 e. The predicted molar refractivity (Wildman–Crippen MR) is 76.9 cm³/mol. The zero-order chi connectivity index (χ0) is 13.2. The number of aromatic nitrogens is 2. The molecule has 1 saturated heterocycles. The molecule has 2 heterocycles. The monoisotopic (exact) mass is 255 g/mol. The molecule has 3 rings (SSSR count). The molecular weight excluding hydrogens is 234 g/mol. The molecule has 1 fully saturated rings. The van der Waals surface area contributed by atoms with Gasteiger partial charge in [0, 0.05) is 38.3 Å². The molecule has 0 aliphatic carbocycles. The topological polar surface area (TPSA) is 21.1 Å². The van der Waals surface area contributed by atoms with E-state index >= 15 is 0 Å². The molecule has 0 atom stereocenters. The van der Waals surface area contributed by atoms with Crippen molar-refractivity contribution in [3.05, 3.63) is 53.3 Å². The fourth-order valence-corrected chi connectivity index (χ4v) is 2.78. The van der Waals surface area contributed by atoms with Gasteiger partial charge in [-0.1, -0.05) is 24.3 Å². The van der Waals surface area contributed by atoms with Gasteiger partial charge in [-0.25, -0.2) is 0 Å². The van der Waals surface area contributed by atoms with Crippen LogP contribution in [0.15, 0.2) is 36.7 Å². The van der Waals surface area contributed by atoms with E-state index in [1.54, 1.807) is 0 Å². The lowest BCUT2D eigenvalue weighted by atomic mass is 9.98. The number of benzene rings is 1. The largest absolute Gasteiger partial charge is 0.298 e. The lowest BCUT2D eigenvalue weighted by Gasteiger charge is -2.39. The zero-order valence-electron chi connectivity index (χ0n) is 11.7. The smallest absolute Gasteiger partial charge is 0.0518 e. The molecule has 1 aromatic heterocycles. The summed E-state index contributed by atoms with van der Waals surface area (Å²) >= 11 is 0. The maximum atomic E-state index is 4.36. The van der Waals surface area contributed by atoms with Gasteiger partial charge in [0.15, 0.2) is 0 Å². The highest BCUT2D eigenvalue weighted by Crippen LogP contribution is 2.21. The van der Waals surface area contributed by atoms with E-state index in [1.807, 2.05) is 6.20 Å². The standard InChI is InChI=1S/C16H21N3/c1-13-7-17-19(8-13)11-15-9-18(10-15)12-16-6-4-3-5-14(16)2/h3-8,15H,9-12H2,1-2H3. The highest BCUT2D eigenvalue weighted by atomic mass is 15.3. The number of aryl methyl sites for hydroxylation is 2. The average Bonchev–Trinajstić information content (AvgIpc) is 2.75. The minimum atomic E-state index is 0.753. The Morgan fingerprint density at radius 1 is 1.21 bits per heavy atom. The predicted octanol–water partition coefficient (Wildman–Crippen LogP) is 2.63. The summed E-state index contributed by atoms with van der Waals surface area (Å²) in [6.45, 7) is 8.80. The zero-order valence-corrected chi connectivity index (χ0v) is 11.7. The Bertz CT molecular complexity index is 553. The molecule has 0 N–H and O–H groups in total. The van der Waals surface area contributed by atoms with Gasteiger partial charge in [0.1, 0.15) is 0 Å². The van der Waals surface area contributed by atoms with E-state index in [0.29, 0.717) is 0 Å². The molecule has 0 spiro atoms. The van der Waals surface area contributed by atoms with Crippen LogP contribution in [0.25, 0.3) is 0 Å². The van der Waals surface area contributed by atoms with Gasteiger partial charge in [-0.15, -0.1) is 0 Å². The molecule has 1 aliphatic heterocycles. The Balaban J connectivity index is 1.49. The van der Waals surface area contributed by atoms with Crippen LogP contribution in [-0.4, -0.2) is 27.8 Å². The third kappa shape index (κ3) is 2.87. The van der Waals surface area contributed by atoms with E-state index in [-0.39, 0.29) is 0 Å². The molecule has 0 unspecified atom stereocenters. The van der Waals surface area contributed by atoms with Crippen LogP contribution in [-0.2, 0) is 13.1 Å². The second-order valence-corrected chi connectivity index (χ2v) is 5.73. The van der Waals surface area contributed by atoms with Crippen LogP contribution in [0, 0.1) is 19.8 Å². The second-order valence-electron chi connectivity index (χ2n) is 5.73. The van der Waals surface area contributed by atoms with Crippen LogP contribution in [0.5, 0.6) is 0 Å². The highest BCUT2D eigenvalue weighted by molar-refractivity contribution is 5.25. The first-order chi connectivity index (χ1) is 9.20. The molecule has 0 radical (unpaired) electrons. The summed E-state index contributed by atoms with van der Waals surface area (Å²) < 4.78 is 2.07. The second kappa shape index (κ2) is 5.17. The van der Waals surface area contributed by atoms with E-state index in [1.165, 1.54) is 29.8 Å². The molecule has 100 valence electrons. The summed E-state index contributed by atoms with van der Waals surface area (Å²) in [6, 6.07) is 8.67. The van der Waals surface area contributed by atoms with Crippen molar-refractivity contribution in [2.45, 2.75) is 26.9 Å². The molecule has 3 nitrogen and oxygen atoms in total. The number of hydrogen-bond acceptors (Lipinski definition) is 2. The van der Waals surface area contributed by atoms with Crippen LogP contribution < -0.4 is 0 Å². The van der Waals surface area contributed by atoms with Crippen molar-refractivity contribution in [3.8, 4) is 0 Å². The fraction of sp³-hybridized carbons (Fsp3) is 0.438. The van der Waals surface area contributed by atoms with Gasteiger partial charge >= 0.3 is 0 Å². The minimum absolute atomic E-state index is 0.753. The fourth-order valence-electron chi connectivity index (χ4n) is 2.78. The van der Waals surface area contributed by atoms with Crippen molar-refractivity contribution in [1.29, 1.82) is 0 Å². The van der Waals surface area contributed by atoms with Gasteiger partial charge in [-0.2, -0.15) is 5.10 Å². The summed E-state index contributed by atoms with van der Waals surface area (Å²) in [7, 11) is 0. The molecule has 0 bridgehead atoms. The van der Waals surface area contributed by atoms with E-state index < -0.39 is 0 Å². The molecule has 0 amide bonds. The maximum absolute atomic E-state index is 4.36. The van der Waals surface area contributed by atoms with E-state index in [4.69, 9.17) is 0 Å². The normalized spacial score (nSPS) is 16.5. The van der Waals surface area contributed by atoms with Crippen LogP contribution in [0.3, 0.4) is 0 Å². The van der Waals surface area contributed by atoms with Gasteiger partial charge < -0.3 is 0 Å². The van der Waals surface area contributed by atoms with Gasteiger partial charge in [-0.3, -0.25) is 9.58 Å². The number of hydrogen-bond donors (Lipinski definition) is 0. The van der Waals surface area contributed by atoms with Crippen molar-refractivity contribution >= 4 is 0 Å². The SMILES string of the molecule is Cc1cnn(CC2CN(Cc3ccccc3C)C2)c1. The van der Waals surface area contributed by atoms with Gasteiger partial charge in [0.2, 0.25) is 0 Å². The van der Waals surface area contributed by atoms with Gasteiger partial charge in [0.25, 0.3) is 0 Å². The van der Waals surface area contributed by atoms with E-state index in [9.17, 15) is 0 Å². The summed E-state index contributed by atoms with van der Waals surface area (Å²) in [6.07, 6.45) is 4.06. The number of nitrogens with zero attached hydrogens (tertiary/aromatic N) is 3. The first-order valence-corrected chi connectivity index (χ1v) is 6.96. The average molecular weight is 255 g/mol. The van der Waals surface area contributed by atoms with Crippen molar-refractivity contribution in [3.63, 3.8) is 0 Å². The van der Waals surface area contributed by atoms with Crippen molar-refractivity contribution < 1.29 is 0 Å². The lowest BCUT2D eigenvalue weighted by molar-refractivity contribution is 0.0776.